The summed E-state index contributed by atoms with van der Waals surface area (Å²) in [5, 5.41) is 7.02. The van der Waals surface area contributed by atoms with E-state index in [0.29, 0.717) is 6.04 Å². The Morgan fingerprint density at radius 2 is 2.12 bits per heavy atom. The normalized spacial score (nSPS) is 22.6. The van der Waals surface area contributed by atoms with E-state index < -0.39 is 0 Å². The number of halogens is 2. The zero-order chi connectivity index (χ0) is 16.1. The molecule has 7 heteroatoms. The van der Waals surface area contributed by atoms with E-state index in [9.17, 15) is 0 Å². The van der Waals surface area contributed by atoms with Gasteiger partial charge in [0.15, 0.2) is 5.96 Å². The van der Waals surface area contributed by atoms with Crippen LogP contribution in [0, 0.1) is 0 Å². The van der Waals surface area contributed by atoms with E-state index in [4.69, 9.17) is 4.99 Å². The van der Waals surface area contributed by atoms with Crippen molar-refractivity contribution in [3.63, 3.8) is 0 Å². The third-order valence-corrected chi connectivity index (χ3v) is 6.38. The Balaban J connectivity index is 0.00000208. The second-order valence-corrected chi connectivity index (χ2v) is 9.01. The van der Waals surface area contributed by atoms with E-state index in [1.165, 1.54) is 53.9 Å². The third-order valence-electron chi connectivity index (χ3n) is 4.77. The highest BCUT2D eigenvalue weighted by molar-refractivity contribution is 14.0. The van der Waals surface area contributed by atoms with Crippen LogP contribution in [0.1, 0.15) is 43.9 Å². The minimum absolute atomic E-state index is 0. The standard InChI is InChI=1S/C17H27BrN4S.HI/c1-2-19-17(20-11-15-7-8-16(18)23-15)21-13-9-10-22(12-13)14-5-3-4-6-14;/h7-8,13-14H,2-6,9-12H2,1H3,(H2,19,20,21);1H. The van der Waals surface area contributed by atoms with Gasteiger partial charge >= 0.3 is 0 Å². The van der Waals surface area contributed by atoms with Crippen molar-refractivity contribution < 1.29 is 0 Å². The quantitative estimate of drug-likeness (QED) is 0.343. The Morgan fingerprint density at radius 1 is 1.33 bits per heavy atom. The lowest BCUT2D eigenvalue weighted by Crippen LogP contribution is -2.45. The van der Waals surface area contributed by atoms with Crippen molar-refractivity contribution in [2.45, 2.75) is 57.7 Å². The number of nitrogens with one attached hydrogen (secondary N) is 2. The van der Waals surface area contributed by atoms with Crippen molar-refractivity contribution in [1.82, 2.24) is 15.5 Å². The van der Waals surface area contributed by atoms with Crippen molar-refractivity contribution in [3.05, 3.63) is 20.8 Å². The zero-order valence-corrected chi connectivity index (χ0v) is 19.0. The number of thiophene rings is 1. The maximum atomic E-state index is 4.75. The van der Waals surface area contributed by atoms with Crippen molar-refractivity contribution in [2.75, 3.05) is 19.6 Å². The molecule has 1 aliphatic heterocycles. The van der Waals surface area contributed by atoms with E-state index in [1.807, 2.05) is 0 Å². The van der Waals surface area contributed by atoms with Gasteiger partial charge in [0, 0.05) is 36.6 Å². The second kappa shape index (κ2) is 10.3. The first-order valence-electron chi connectivity index (χ1n) is 8.77. The monoisotopic (exact) mass is 526 g/mol. The number of hydrogen-bond acceptors (Lipinski definition) is 3. The second-order valence-electron chi connectivity index (χ2n) is 6.46. The average molecular weight is 527 g/mol. The molecule has 3 rings (SSSR count). The van der Waals surface area contributed by atoms with Crippen LogP contribution in [-0.4, -0.2) is 42.6 Å². The zero-order valence-electron chi connectivity index (χ0n) is 14.3. The lowest BCUT2D eigenvalue weighted by atomic mass is 10.2. The van der Waals surface area contributed by atoms with E-state index >= 15 is 0 Å². The van der Waals surface area contributed by atoms with E-state index in [2.05, 4.69) is 50.5 Å². The van der Waals surface area contributed by atoms with Crippen LogP contribution in [0.3, 0.4) is 0 Å². The molecule has 136 valence electrons. The minimum atomic E-state index is 0. The smallest absolute Gasteiger partial charge is 0.191 e. The van der Waals surface area contributed by atoms with Crippen LogP contribution in [0.5, 0.6) is 0 Å². The van der Waals surface area contributed by atoms with Gasteiger partial charge in [-0.3, -0.25) is 4.90 Å². The molecular weight excluding hydrogens is 499 g/mol. The molecule has 2 aliphatic rings. The van der Waals surface area contributed by atoms with Crippen LogP contribution in [0.25, 0.3) is 0 Å². The summed E-state index contributed by atoms with van der Waals surface area (Å²) in [7, 11) is 0. The maximum absolute atomic E-state index is 4.75. The molecule has 1 aromatic rings. The van der Waals surface area contributed by atoms with Gasteiger partial charge in [-0.1, -0.05) is 12.8 Å². The molecule has 1 unspecified atom stereocenters. The molecule has 24 heavy (non-hydrogen) atoms. The third kappa shape index (κ3) is 5.85. The molecule has 4 nitrogen and oxygen atoms in total. The first-order chi connectivity index (χ1) is 11.2. The molecule has 0 amide bonds. The summed E-state index contributed by atoms with van der Waals surface area (Å²) >= 11 is 5.27. The molecule has 2 N–H and O–H groups in total. The van der Waals surface area contributed by atoms with Crippen LogP contribution >= 0.6 is 51.2 Å². The highest BCUT2D eigenvalue weighted by atomic mass is 127. The van der Waals surface area contributed by atoms with Gasteiger partial charge < -0.3 is 10.6 Å². The Morgan fingerprint density at radius 3 is 2.79 bits per heavy atom. The number of rotatable bonds is 5. The number of nitrogens with zero attached hydrogens (tertiary/aromatic N) is 2. The number of aliphatic imine (C=N–C) groups is 1. The first-order valence-corrected chi connectivity index (χ1v) is 10.4. The van der Waals surface area contributed by atoms with Crippen molar-refractivity contribution in [2.24, 2.45) is 4.99 Å². The largest absolute Gasteiger partial charge is 0.357 e. The molecule has 1 aromatic heterocycles. The van der Waals surface area contributed by atoms with Crippen LogP contribution in [-0.2, 0) is 6.54 Å². The average Bonchev–Trinajstić information content (AvgIpc) is 3.26. The Labute approximate surface area is 175 Å². The van der Waals surface area contributed by atoms with E-state index in [0.717, 1.165) is 25.1 Å². The summed E-state index contributed by atoms with van der Waals surface area (Å²) < 4.78 is 1.17. The highest BCUT2D eigenvalue weighted by Gasteiger charge is 2.30. The van der Waals surface area contributed by atoms with Gasteiger partial charge in [-0.25, -0.2) is 4.99 Å². The molecule has 1 saturated carbocycles. The molecule has 0 radical (unpaired) electrons. The van der Waals surface area contributed by atoms with E-state index in [1.54, 1.807) is 11.3 Å². The van der Waals surface area contributed by atoms with Gasteiger partial charge in [0.25, 0.3) is 0 Å². The van der Waals surface area contributed by atoms with Gasteiger partial charge in [0.2, 0.25) is 0 Å². The van der Waals surface area contributed by atoms with Gasteiger partial charge in [-0.2, -0.15) is 0 Å². The maximum Gasteiger partial charge on any atom is 0.191 e. The number of likely N-dealkylation sites (tertiary alicyclic amines) is 1. The molecule has 1 aliphatic carbocycles. The van der Waals surface area contributed by atoms with Gasteiger partial charge in [-0.05, 0) is 54.2 Å². The van der Waals surface area contributed by atoms with Crippen molar-refractivity contribution >= 4 is 57.2 Å². The van der Waals surface area contributed by atoms with E-state index in [-0.39, 0.29) is 24.0 Å². The summed E-state index contributed by atoms with van der Waals surface area (Å²) in [6.45, 7) is 6.17. The molecule has 1 saturated heterocycles. The summed E-state index contributed by atoms with van der Waals surface area (Å²) in [4.78, 5) is 8.72. The lowest BCUT2D eigenvalue weighted by molar-refractivity contribution is 0.242. The molecule has 1 atom stereocenters. The predicted molar refractivity (Wildman–Crippen MR) is 118 cm³/mol. The summed E-state index contributed by atoms with van der Waals surface area (Å²) in [6.07, 6.45) is 6.85. The molecule has 0 spiro atoms. The summed E-state index contributed by atoms with van der Waals surface area (Å²) in [5.41, 5.74) is 0. The molecular formula is C17H28BrIN4S. The van der Waals surface area contributed by atoms with Crippen LogP contribution in [0.2, 0.25) is 0 Å². The minimum Gasteiger partial charge on any atom is -0.357 e. The Kier molecular flexibility index (Phi) is 8.80. The van der Waals surface area contributed by atoms with Crippen molar-refractivity contribution in [3.8, 4) is 0 Å². The van der Waals surface area contributed by atoms with Gasteiger partial charge in [0.1, 0.15) is 0 Å². The number of guanidine groups is 1. The topological polar surface area (TPSA) is 39.7 Å². The van der Waals surface area contributed by atoms with Gasteiger partial charge in [-0.15, -0.1) is 35.3 Å². The predicted octanol–water partition coefficient (Wildman–Crippen LogP) is 4.20. The van der Waals surface area contributed by atoms with Crippen molar-refractivity contribution in [1.29, 1.82) is 0 Å². The van der Waals surface area contributed by atoms with Gasteiger partial charge in [0.05, 0.1) is 10.3 Å². The Bertz CT molecular complexity index is 530. The molecule has 2 heterocycles. The van der Waals surface area contributed by atoms with Crippen LogP contribution in [0.4, 0.5) is 0 Å². The lowest BCUT2D eigenvalue weighted by Gasteiger charge is -2.24. The highest BCUT2D eigenvalue weighted by Crippen LogP contribution is 2.26. The molecule has 0 aromatic carbocycles. The first kappa shape index (κ1) is 20.5. The fraction of sp³-hybridized carbons (Fsp3) is 0.706. The fourth-order valence-electron chi connectivity index (χ4n) is 3.61. The van der Waals surface area contributed by atoms with Crippen LogP contribution in [0.15, 0.2) is 20.9 Å². The molecule has 2 fully saturated rings. The fourth-order valence-corrected chi connectivity index (χ4v) is 5.02. The number of hydrogen-bond donors (Lipinski definition) is 2. The summed E-state index contributed by atoms with van der Waals surface area (Å²) in [6, 6.07) is 5.60. The van der Waals surface area contributed by atoms with Crippen LogP contribution < -0.4 is 10.6 Å². The summed E-state index contributed by atoms with van der Waals surface area (Å²) in [5.74, 6) is 0.954. The SMILES string of the molecule is CCNC(=NCc1ccc(Br)s1)NC1CCN(C2CCCC2)C1.I. The Hall–Kier alpha value is 0.140. The molecule has 0 bridgehead atoms.